The average Bonchev–Trinajstić information content (AvgIpc) is 2.89. The van der Waals surface area contributed by atoms with Gasteiger partial charge in [0.15, 0.2) is 0 Å². The molecular formula is C17H31N3O2. The molecule has 1 atom stereocenters. The summed E-state index contributed by atoms with van der Waals surface area (Å²) >= 11 is 0. The number of carbonyl (C=O) groups excluding carboxylic acids is 1. The number of piperazine rings is 1. The van der Waals surface area contributed by atoms with Crippen LogP contribution in [0.5, 0.6) is 0 Å². The van der Waals surface area contributed by atoms with Crippen LogP contribution in [0, 0.1) is 0 Å². The average molecular weight is 309 g/mol. The van der Waals surface area contributed by atoms with Gasteiger partial charge >= 0.3 is 6.03 Å². The second kappa shape index (κ2) is 7.47. The standard InChI is InChI=1S/C17H31N3O2/c1-14-12-19(13-17(2,3)22)10-11-20(14)16(21)18-9-8-15-6-4-5-7-15/h6,14,22H,4-5,7-13H2,1-3H3,(H,18,21). The van der Waals surface area contributed by atoms with Crippen molar-refractivity contribution in [1.82, 2.24) is 15.1 Å². The Morgan fingerprint density at radius 3 is 2.82 bits per heavy atom. The first-order valence-corrected chi connectivity index (χ1v) is 8.52. The topological polar surface area (TPSA) is 55.8 Å². The van der Waals surface area contributed by atoms with E-state index in [0.29, 0.717) is 6.54 Å². The molecule has 2 N–H and O–H groups in total. The van der Waals surface area contributed by atoms with Crippen molar-refractivity contribution in [3.05, 3.63) is 11.6 Å². The molecule has 0 saturated carbocycles. The SMILES string of the molecule is CC1CN(CC(C)(C)O)CCN1C(=O)NCCC1=CCCC1. The largest absolute Gasteiger partial charge is 0.389 e. The molecule has 5 nitrogen and oxygen atoms in total. The molecule has 126 valence electrons. The number of urea groups is 1. The van der Waals surface area contributed by atoms with Gasteiger partial charge in [-0.1, -0.05) is 11.6 Å². The lowest BCUT2D eigenvalue weighted by atomic mass is 10.1. The van der Waals surface area contributed by atoms with Crippen LogP contribution in [-0.4, -0.2) is 65.3 Å². The summed E-state index contributed by atoms with van der Waals surface area (Å²) in [5.74, 6) is 0. The van der Waals surface area contributed by atoms with Crippen LogP contribution in [0.25, 0.3) is 0 Å². The van der Waals surface area contributed by atoms with E-state index in [1.54, 1.807) is 0 Å². The fourth-order valence-electron chi connectivity index (χ4n) is 3.42. The van der Waals surface area contributed by atoms with Crippen molar-refractivity contribution in [1.29, 1.82) is 0 Å². The van der Waals surface area contributed by atoms with Crippen LogP contribution in [-0.2, 0) is 0 Å². The molecule has 0 bridgehead atoms. The maximum absolute atomic E-state index is 12.3. The predicted molar refractivity (Wildman–Crippen MR) is 88.9 cm³/mol. The summed E-state index contributed by atoms with van der Waals surface area (Å²) in [7, 11) is 0. The van der Waals surface area contributed by atoms with Gasteiger partial charge in [-0.05, 0) is 46.5 Å². The van der Waals surface area contributed by atoms with Gasteiger partial charge in [0, 0.05) is 38.8 Å². The summed E-state index contributed by atoms with van der Waals surface area (Å²) in [4.78, 5) is 16.5. The van der Waals surface area contributed by atoms with Crippen LogP contribution in [0.3, 0.4) is 0 Å². The number of hydrogen-bond acceptors (Lipinski definition) is 3. The molecule has 22 heavy (non-hydrogen) atoms. The minimum absolute atomic E-state index is 0.0500. The maximum Gasteiger partial charge on any atom is 0.317 e. The summed E-state index contributed by atoms with van der Waals surface area (Å²) in [5, 5.41) is 13.0. The highest BCUT2D eigenvalue weighted by molar-refractivity contribution is 5.74. The van der Waals surface area contributed by atoms with E-state index in [9.17, 15) is 9.90 Å². The Labute approximate surface area is 134 Å². The maximum atomic E-state index is 12.3. The van der Waals surface area contributed by atoms with Crippen molar-refractivity contribution >= 4 is 6.03 Å². The third-order valence-corrected chi connectivity index (χ3v) is 4.44. The van der Waals surface area contributed by atoms with Crippen LogP contribution in [0.2, 0.25) is 0 Å². The summed E-state index contributed by atoms with van der Waals surface area (Å²) in [6.07, 6.45) is 6.96. The molecule has 0 spiro atoms. The Hall–Kier alpha value is -1.07. The molecule has 0 aromatic carbocycles. The Kier molecular flexibility index (Phi) is 5.87. The predicted octanol–water partition coefficient (Wildman–Crippen LogP) is 1.97. The molecule has 2 amide bonds. The van der Waals surface area contributed by atoms with Gasteiger partial charge < -0.3 is 15.3 Å². The minimum Gasteiger partial charge on any atom is -0.389 e. The van der Waals surface area contributed by atoms with E-state index in [0.717, 1.165) is 32.6 Å². The Morgan fingerprint density at radius 1 is 1.45 bits per heavy atom. The molecule has 1 aliphatic carbocycles. The van der Waals surface area contributed by atoms with Crippen LogP contribution in [0.4, 0.5) is 4.79 Å². The number of aliphatic hydroxyl groups is 1. The molecule has 2 aliphatic rings. The van der Waals surface area contributed by atoms with E-state index < -0.39 is 5.60 Å². The van der Waals surface area contributed by atoms with E-state index in [2.05, 4.69) is 23.2 Å². The highest BCUT2D eigenvalue weighted by Gasteiger charge is 2.29. The lowest BCUT2D eigenvalue weighted by molar-refractivity contribution is 0.0119. The van der Waals surface area contributed by atoms with Crippen molar-refractivity contribution in [3.8, 4) is 0 Å². The number of rotatable bonds is 5. The molecule has 2 rings (SSSR count). The quantitative estimate of drug-likeness (QED) is 0.764. The summed E-state index contributed by atoms with van der Waals surface area (Å²) < 4.78 is 0. The molecule has 1 unspecified atom stereocenters. The summed E-state index contributed by atoms with van der Waals surface area (Å²) in [5.41, 5.74) is 0.808. The molecule has 1 fully saturated rings. The number of nitrogens with one attached hydrogen (secondary N) is 1. The van der Waals surface area contributed by atoms with Crippen molar-refractivity contribution in [2.24, 2.45) is 0 Å². The van der Waals surface area contributed by atoms with Crippen LogP contribution >= 0.6 is 0 Å². The van der Waals surface area contributed by atoms with Crippen molar-refractivity contribution in [2.45, 2.75) is 58.1 Å². The first kappa shape index (κ1) is 17.3. The first-order valence-electron chi connectivity index (χ1n) is 8.52. The zero-order chi connectivity index (χ0) is 16.2. The number of amides is 2. The van der Waals surface area contributed by atoms with Crippen LogP contribution < -0.4 is 5.32 Å². The van der Waals surface area contributed by atoms with Gasteiger partial charge in [0.05, 0.1) is 5.60 Å². The van der Waals surface area contributed by atoms with Gasteiger partial charge in [-0.3, -0.25) is 4.90 Å². The number of β-amino-alcohol motifs (C(OH)–C–C–N with tert-alkyl or cyclic N) is 1. The third-order valence-electron chi connectivity index (χ3n) is 4.44. The van der Waals surface area contributed by atoms with E-state index >= 15 is 0 Å². The second-order valence-electron chi connectivity index (χ2n) is 7.33. The van der Waals surface area contributed by atoms with Crippen molar-refractivity contribution in [2.75, 3.05) is 32.7 Å². The van der Waals surface area contributed by atoms with E-state index in [1.807, 2.05) is 18.7 Å². The fourth-order valence-corrected chi connectivity index (χ4v) is 3.42. The zero-order valence-electron chi connectivity index (χ0n) is 14.3. The van der Waals surface area contributed by atoms with Crippen LogP contribution in [0.15, 0.2) is 11.6 Å². The van der Waals surface area contributed by atoms with Crippen molar-refractivity contribution in [3.63, 3.8) is 0 Å². The minimum atomic E-state index is -0.681. The van der Waals surface area contributed by atoms with Gasteiger partial charge in [-0.2, -0.15) is 0 Å². The van der Waals surface area contributed by atoms with E-state index in [1.165, 1.54) is 24.8 Å². The second-order valence-corrected chi connectivity index (χ2v) is 7.33. The van der Waals surface area contributed by atoms with Gasteiger partial charge in [-0.15, -0.1) is 0 Å². The lowest BCUT2D eigenvalue weighted by Gasteiger charge is -2.41. The number of allylic oxidation sites excluding steroid dienone is 1. The number of carbonyl (C=O) groups is 1. The zero-order valence-corrected chi connectivity index (χ0v) is 14.3. The fraction of sp³-hybridized carbons (Fsp3) is 0.824. The lowest BCUT2D eigenvalue weighted by Crippen LogP contribution is -2.58. The number of nitrogens with zero attached hydrogens (tertiary/aromatic N) is 2. The molecular weight excluding hydrogens is 278 g/mol. The Bertz CT molecular complexity index is 415. The molecule has 1 aliphatic heterocycles. The summed E-state index contributed by atoms with van der Waals surface area (Å²) in [6.45, 7) is 9.50. The molecule has 1 heterocycles. The molecule has 0 aromatic heterocycles. The van der Waals surface area contributed by atoms with Gasteiger partial charge in [-0.25, -0.2) is 4.79 Å². The molecule has 0 radical (unpaired) electrons. The van der Waals surface area contributed by atoms with E-state index in [-0.39, 0.29) is 12.1 Å². The highest BCUT2D eigenvalue weighted by atomic mass is 16.3. The highest BCUT2D eigenvalue weighted by Crippen LogP contribution is 2.20. The van der Waals surface area contributed by atoms with Gasteiger partial charge in [0.1, 0.15) is 0 Å². The normalized spacial score (nSPS) is 23.5. The number of hydrogen-bond donors (Lipinski definition) is 2. The van der Waals surface area contributed by atoms with Crippen molar-refractivity contribution < 1.29 is 9.90 Å². The Morgan fingerprint density at radius 2 is 2.23 bits per heavy atom. The first-order chi connectivity index (χ1) is 10.3. The molecule has 1 saturated heterocycles. The van der Waals surface area contributed by atoms with Crippen LogP contribution in [0.1, 0.15) is 46.5 Å². The van der Waals surface area contributed by atoms with E-state index in [4.69, 9.17) is 0 Å². The molecule has 5 heteroatoms. The van der Waals surface area contributed by atoms with Gasteiger partial charge in [0.2, 0.25) is 0 Å². The molecule has 0 aromatic rings. The Balaban J connectivity index is 1.72. The monoisotopic (exact) mass is 309 g/mol. The summed E-state index contributed by atoms with van der Waals surface area (Å²) in [6, 6.07) is 0.232. The van der Waals surface area contributed by atoms with Gasteiger partial charge in [0.25, 0.3) is 0 Å². The third kappa shape index (κ3) is 5.29. The smallest absolute Gasteiger partial charge is 0.317 e.